The van der Waals surface area contributed by atoms with Gasteiger partial charge in [0.15, 0.2) is 0 Å². The first kappa shape index (κ1) is 8.65. The summed E-state index contributed by atoms with van der Waals surface area (Å²) in [7, 11) is 0. The van der Waals surface area contributed by atoms with Crippen LogP contribution < -0.4 is 5.73 Å². The first-order chi connectivity index (χ1) is 3.62. The van der Waals surface area contributed by atoms with Gasteiger partial charge in [0, 0.05) is 16.6 Å². The fourth-order valence-electron chi connectivity index (χ4n) is 0.322. The lowest BCUT2D eigenvalue weighted by Gasteiger charge is -2.19. The molecule has 8 heavy (non-hydrogen) atoms. The second-order valence-corrected chi connectivity index (χ2v) is 3.02. The maximum absolute atomic E-state index is 8.45. The SMILES string of the molecule is CC(N)(CI)CCO. The Morgan fingerprint density at radius 1 is 1.75 bits per heavy atom. The van der Waals surface area contributed by atoms with Crippen LogP contribution in [0, 0.1) is 0 Å². The highest BCUT2D eigenvalue weighted by atomic mass is 127. The zero-order chi connectivity index (χ0) is 6.62. The smallest absolute Gasteiger partial charge is 0.0448 e. The van der Waals surface area contributed by atoms with Crippen LogP contribution in [0.15, 0.2) is 0 Å². The molecule has 0 aromatic heterocycles. The van der Waals surface area contributed by atoms with Crippen molar-refractivity contribution in [1.82, 2.24) is 0 Å². The number of halogens is 1. The van der Waals surface area contributed by atoms with Gasteiger partial charge < -0.3 is 10.8 Å². The number of rotatable bonds is 3. The summed E-state index contributed by atoms with van der Waals surface area (Å²) in [5, 5.41) is 8.45. The molecule has 0 fully saturated rings. The number of hydrogen-bond acceptors (Lipinski definition) is 2. The predicted octanol–water partition coefficient (Wildman–Crippen LogP) is 0.521. The zero-order valence-electron chi connectivity index (χ0n) is 5.02. The molecule has 0 rings (SSSR count). The first-order valence-corrected chi connectivity index (χ1v) is 4.10. The Morgan fingerprint density at radius 2 is 2.25 bits per heavy atom. The summed E-state index contributed by atoms with van der Waals surface area (Å²) >= 11 is 2.22. The molecule has 0 aromatic carbocycles. The lowest BCUT2D eigenvalue weighted by Crippen LogP contribution is -2.38. The number of alkyl halides is 1. The van der Waals surface area contributed by atoms with Crippen LogP contribution >= 0.6 is 22.6 Å². The topological polar surface area (TPSA) is 46.2 Å². The van der Waals surface area contributed by atoms with Crippen LogP contribution in [-0.4, -0.2) is 21.7 Å². The van der Waals surface area contributed by atoms with E-state index in [-0.39, 0.29) is 12.1 Å². The van der Waals surface area contributed by atoms with Crippen LogP contribution in [0.5, 0.6) is 0 Å². The van der Waals surface area contributed by atoms with E-state index in [4.69, 9.17) is 10.8 Å². The largest absolute Gasteiger partial charge is 0.396 e. The van der Waals surface area contributed by atoms with Crippen molar-refractivity contribution in [3.05, 3.63) is 0 Å². The van der Waals surface area contributed by atoms with Crippen molar-refractivity contribution in [3.63, 3.8) is 0 Å². The zero-order valence-corrected chi connectivity index (χ0v) is 7.18. The second kappa shape index (κ2) is 3.63. The van der Waals surface area contributed by atoms with Gasteiger partial charge in [-0.15, -0.1) is 0 Å². The van der Waals surface area contributed by atoms with E-state index in [0.717, 1.165) is 4.43 Å². The number of aliphatic hydroxyl groups excluding tert-OH is 1. The molecule has 0 aliphatic carbocycles. The summed E-state index contributed by atoms with van der Waals surface area (Å²) in [5.41, 5.74) is 5.49. The van der Waals surface area contributed by atoms with Crippen molar-refractivity contribution in [2.45, 2.75) is 18.9 Å². The molecule has 1 atom stereocenters. The molecule has 2 nitrogen and oxygen atoms in total. The predicted molar refractivity (Wildman–Crippen MR) is 43.2 cm³/mol. The minimum absolute atomic E-state index is 0.171. The summed E-state index contributed by atoms with van der Waals surface area (Å²) in [5.74, 6) is 0. The lowest BCUT2D eigenvalue weighted by atomic mass is 10.0. The molecule has 0 saturated heterocycles. The summed E-state index contributed by atoms with van der Waals surface area (Å²) in [6.45, 7) is 2.13. The van der Waals surface area contributed by atoms with Gasteiger partial charge in [0.25, 0.3) is 0 Å². The van der Waals surface area contributed by atoms with Gasteiger partial charge >= 0.3 is 0 Å². The van der Waals surface area contributed by atoms with Crippen molar-refractivity contribution < 1.29 is 5.11 Å². The maximum Gasteiger partial charge on any atom is 0.0448 e. The van der Waals surface area contributed by atoms with Crippen molar-refractivity contribution >= 4 is 22.6 Å². The standard InChI is InChI=1S/C5H12INO/c1-5(7,4-6)2-3-8/h8H,2-4,7H2,1H3. The van der Waals surface area contributed by atoms with E-state index in [0.29, 0.717) is 6.42 Å². The molecule has 0 saturated carbocycles. The van der Waals surface area contributed by atoms with E-state index in [1.54, 1.807) is 0 Å². The van der Waals surface area contributed by atoms with Crippen molar-refractivity contribution in [1.29, 1.82) is 0 Å². The molecular formula is C5H12INO. The van der Waals surface area contributed by atoms with Gasteiger partial charge in [0.1, 0.15) is 0 Å². The van der Waals surface area contributed by atoms with Crippen LogP contribution in [0.25, 0.3) is 0 Å². The normalized spacial score (nSPS) is 18.0. The molecule has 0 amide bonds. The van der Waals surface area contributed by atoms with Crippen molar-refractivity contribution in [2.75, 3.05) is 11.0 Å². The van der Waals surface area contributed by atoms with Gasteiger partial charge in [-0.2, -0.15) is 0 Å². The van der Waals surface area contributed by atoms with Crippen LogP contribution in [0.3, 0.4) is 0 Å². The molecule has 3 heteroatoms. The minimum Gasteiger partial charge on any atom is -0.396 e. The molecule has 3 N–H and O–H groups in total. The molecule has 0 heterocycles. The summed E-state index contributed by atoms with van der Waals surface area (Å²) in [6.07, 6.45) is 0.690. The van der Waals surface area contributed by atoms with Gasteiger partial charge in [0.2, 0.25) is 0 Å². The van der Waals surface area contributed by atoms with E-state index in [1.165, 1.54) is 0 Å². The highest BCUT2D eigenvalue weighted by molar-refractivity contribution is 14.1. The number of hydrogen-bond donors (Lipinski definition) is 2. The molecule has 0 aliphatic heterocycles. The third kappa shape index (κ3) is 3.63. The Balaban J connectivity index is 3.37. The number of aliphatic hydroxyl groups is 1. The second-order valence-electron chi connectivity index (χ2n) is 2.26. The summed E-state index contributed by atoms with van der Waals surface area (Å²) in [6, 6.07) is 0. The van der Waals surface area contributed by atoms with E-state index >= 15 is 0 Å². The van der Waals surface area contributed by atoms with Gasteiger partial charge in [-0.25, -0.2) is 0 Å². The molecule has 0 bridgehead atoms. The van der Waals surface area contributed by atoms with Gasteiger partial charge in [-0.1, -0.05) is 22.6 Å². The molecule has 0 aromatic rings. The quantitative estimate of drug-likeness (QED) is 0.547. The highest BCUT2D eigenvalue weighted by Crippen LogP contribution is 2.07. The van der Waals surface area contributed by atoms with Gasteiger partial charge in [-0.05, 0) is 13.3 Å². The first-order valence-electron chi connectivity index (χ1n) is 2.58. The highest BCUT2D eigenvalue weighted by Gasteiger charge is 2.14. The maximum atomic E-state index is 8.45. The van der Waals surface area contributed by atoms with E-state index in [9.17, 15) is 0 Å². The van der Waals surface area contributed by atoms with Gasteiger partial charge in [0.05, 0.1) is 0 Å². The fraction of sp³-hybridized carbons (Fsp3) is 1.00. The van der Waals surface area contributed by atoms with E-state index in [1.807, 2.05) is 6.92 Å². The fourth-order valence-corrected chi connectivity index (χ4v) is 0.704. The van der Waals surface area contributed by atoms with Crippen LogP contribution in [0.4, 0.5) is 0 Å². The monoisotopic (exact) mass is 229 g/mol. The molecule has 1 unspecified atom stereocenters. The molecule has 50 valence electrons. The Hall–Kier alpha value is 0.650. The van der Waals surface area contributed by atoms with Gasteiger partial charge in [-0.3, -0.25) is 0 Å². The minimum atomic E-state index is -0.171. The Morgan fingerprint density at radius 3 is 2.38 bits per heavy atom. The third-order valence-corrected chi connectivity index (χ3v) is 2.73. The summed E-state index contributed by atoms with van der Waals surface area (Å²) < 4.78 is 0.894. The lowest BCUT2D eigenvalue weighted by molar-refractivity contribution is 0.256. The average molecular weight is 229 g/mol. The molecular weight excluding hydrogens is 217 g/mol. The Kier molecular flexibility index (Phi) is 3.93. The van der Waals surface area contributed by atoms with Crippen molar-refractivity contribution in [2.24, 2.45) is 5.73 Å². The van der Waals surface area contributed by atoms with Crippen molar-refractivity contribution in [3.8, 4) is 0 Å². The Bertz CT molecular complexity index is 65.4. The molecule has 0 spiro atoms. The van der Waals surface area contributed by atoms with Crippen LogP contribution in [0.1, 0.15) is 13.3 Å². The third-order valence-electron chi connectivity index (χ3n) is 0.988. The van der Waals surface area contributed by atoms with E-state index in [2.05, 4.69) is 22.6 Å². The Labute approximate surface area is 63.6 Å². The molecule has 0 radical (unpaired) electrons. The van der Waals surface area contributed by atoms with Crippen LogP contribution in [-0.2, 0) is 0 Å². The average Bonchev–Trinajstić information content (AvgIpc) is 1.67. The number of nitrogens with two attached hydrogens (primary N) is 1. The summed E-state index contributed by atoms with van der Waals surface area (Å²) in [4.78, 5) is 0. The van der Waals surface area contributed by atoms with E-state index < -0.39 is 0 Å². The van der Waals surface area contributed by atoms with Crippen LogP contribution in [0.2, 0.25) is 0 Å². The molecule has 0 aliphatic rings.